The van der Waals surface area contributed by atoms with Crippen molar-refractivity contribution < 1.29 is 27.5 Å². The van der Waals surface area contributed by atoms with E-state index in [9.17, 15) is 9.59 Å². The monoisotopic (exact) mass is 462 g/mol. The lowest BCUT2D eigenvalue weighted by atomic mass is 10.2. The van der Waals surface area contributed by atoms with Gasteiger partial charge in [-0.1, -0.05) is 33.8 Å². The molecule has 24 heavy (non-hydrogen) atoms. The van der Waals surface area contributed by atoms with Gasteiger partial charge in [0.25, 0.3) is 0 Å². The van der Waals surface area contributed by atoms with Crippen LogP contribution in [-0.2, 0) is 17.9 Å². The molecule has 0 fully saturated rings. The Kier molecular flexibility index (Phi) is 9.87. The number of ether oxygens (including phenoxy) is 2. The molecule has 1 rings (SSSR count). The van der Waals surface area contributed by atoms with Gasteiger partial charge in [-0.2, -0.15) is 8.42 Å². The average molecular weight is 464 g/mol. The Hall–Kier alpha value is -0.830. The molecule has 0 amide bonds. The summed E-state index contributed by atoms with van der Waals surface area (Å²) in [6.07, 6.45) is 0. The first-order chi connectivity index (χ1) is 10.8. The second-order valence-corrected chi connectivity index (χ2v) is 9.62. The maximum Gasteiger partial charge on any atom is 0.317 e. The Bertz CT molecular complexity index is 681. The molecule has 0 heterocycles. The van der Waals surface area contributed by atoms with Gasteiger partial charge in [-0.15, -0.1) is 0 Å². The summed E-state index contributed by atoms with van der Waals surface area (Å²) in [5, 5.41) is 0. The highest BCUT2D eigenvalue weighted by Crippen LogP contribution is 2.36. The maximum atomic E-state index is 11.7. The Balaban J connectivity index is 0.000000922. The summed E-state index contributed by atoms with van der Waals surface area (Å²) < 4.78 is 29.4. The van der Waals surface area contributed by atoms with Gasteiger partial charge in [-0.3, -0.25) is 9.59 Å². The molecular formula is C14H17BrCl2O6S. The van der Waals surface area contributed by atoms with E-state index < -0.39 is 8.26 Å². The molecule has 0 bridgehead atoms. The molecule has 0 atom stereocenters. The molecule has 0 N–H and O–H groups in total. The number of halogens is 3. The molecule has 0 radical (unpaired) electrons. The van der Waals surface area contributed by atoms with E-state index in [1.807, 2.05) is 0 Å². The van der Waals surface area contributed by atoms with Crippen molar-refractivity contribution in [1.29, 1.82) is 0 Å². The smallest absolute Gasteiger partial charge is 0.317 e. The summed E-state index contributed by atoms with van der Waals surface area (Å²) >= 11 is 3.28. The van der Waals surface area contributed by atoms with Crippen molar-refractivity contribution in [3.63, 3.8) is 0 Å². The molecule has 0 saturated heterocycles. The highest BCUT2D eigenvalue weighted by molar-refractivity contribution is 9.10. The van der Waals surface area contributed by atoms with Crippen molar-refractivity contribution in [3.05, 3.63) is 22.7 Å². The summed E-state index contributed by atoms with van der Waals surface area (Å²) in [5.74, 6) is -0.806. The van der Waals surface area contributed by atoms with Crippen LogP contribution in [-0.4, -0.2) is 20.4 Å². The van der Waals surface area contributed by atoms with Crippen molar-refractivity contribution in [2.45, 2.75) is 27.7 Å². The fourth-order valence-corrected chi connectivity index (χ4v) is 1.54. The van der Waals surface area contributed by atoms with Gasteiger partial charge in [0.2, 0.25) is 0 Å². The van der Waals surface area contributed by atoms with E-state index in [-0.39, 0.29) is 35.3 Å². The molecule has 1 aromatic rings. The number of rotatable bonds is 4. The van der Waals surface area contributed by atoms with Gasteiger partial charge in [0.15, 0.2) is 11.5 Å². The van der Waals surface area contributed by atoms with Gasteiger partial charge in [0, 0.05) is 21.4 Å². The molecule has 6 nitrogen and oxygen atoms in total. The zero-order valence-corrected chi connectivity index (χ0v) is 17.3. The van der Waals surface area contributed by atoms with Gasteiger partial charge >= 0.3 is 20.2 Å². The third-order valence-electron chi connectivity index (χ3n) is 2.29. The molecule has 0 aliphatic carbocycles. The average Bonchev–Trinajstić information content (AvgIpc) is 2.40. The maximum absolute atomic E-state index is 11.7. The predicted octanol–water partition coefficient (Wildman–Crippen LogP) is 4.28. The van der Waals surface area contributed by atoms with Gasteiger partial charge < -0.3 is 9.47 Å². The number of carbonyl (C=O) groups excluding carboxylic acids is 2. The van der Waals surface area contributed by atoms with Crippen LogP contribution in [0.3, 0.4) is 0 Å². The largest absolute Gasteiger partial charge is 0.422 e. The first-order valence-electron chi connectivity index (χ1n) is 6.69. The molecule has 0 saturated carbocycles. The van der Waals surface area contributed by atoms with Crippen LogP contribution in [0.4, 0.5) is 0 Å². The van der Waals surface area contributed by atoms with Crippen molar-refractivity contribution in [1.82, 2.24) is 0 Å². The standard InChI is InChI=1S/C14H17BrO4.Cl2O2S/c1-8(2)13(16)18-11-7-5-6-10(15)12(11)19-14(17)9(3)4;1-5(2,3)4/h5-9H,1-4H3;. The highest BCUT2D eigenvalue weighted by Gasteiger charge is 2.19. The lowest BCUT2D eigenvalue weighted by Crippen LogP contribution is -2.18. The summed E-state index contributed by atoms with van der Waals surface area (Å²) in [7, 11) is 4.81. The first kappa shape index (κ1) is 23.2. The van der Waals surface area contributed by atoms with E-state index in [0.717, 1.165) is 0 Å². The third-order valence-corrected chi connectivity index (χ3v) is 2.91. The van der Waals surface area contributed by atoms with Crippen LogP contribution in [0.5, 0.6) is 11.5 Å². The number of benzene rings is 1. The molecule has 0 aliphatic heterocycles. The molecule has 0 unspecified atom stereocenters. The molecule has 10 heteroatoms. The van der Waals surface area contributed by atoms with Crippen molar-refractivity contribution >= 4 is 57.5 Å². The summed E-state index contributed by atoms with van der Waals surface area (Å²) in [5.41, 5.74) is 0. The summed E-state index contributed by atoms with van der Waals surface area (Å²) in [6, 6.07) is 5.02. The van der Waals surface area contributed by atoms with Gasteiger partial charge in [0.1, 0.15) is 0 Å². The van der Waals surface area contributed by atoms with E-state index >= 15 is 0 Å². The fraction of sp³-hybridized carbons (Fsp3) is 0.429. The van der Waals surface area contributed by atoms with Crippen molar-refractivity contribution in [2.24, 2.45) is 11.8 Å². The van der Waals surface area contributed by atoms with Crippen molar-refractivity contribution in [2.75, 3.05) is 0 Å². The second kappa shape index (κ2) is 10.2. The van der Waals surface area contributed by atoms with Crippen LogP contribution < -0.4 is 9.47 Å². The van der Waals surface area contributed by atoms with Crippen LogP contribution >= 0.6 is 37.3 Å². The molecule has 0 spiro atoms. The number of hydrogen-bond donors (Lipinski definition) is 0. The Labute approximate surface area is 158 Å². The van der Waals surface area contributed by atoms with Crippen LogP contribution in [0.25, 0.3) is 0 Å². The van der Waals surface area contributed by atoms with Gasteiger partial charge in [0.05, 0.1) is 16.3 Å². The number of esters is 2. The lowest BCUT2D eigenvalue weighted by molar-refractivity contribution is -0.140. The van der Waals surface area contributed by atoms with E-state index in [2.05, 4.69) is 37.3 Å². The van der Waals surface area contributed by atoms with E-state index in [0.29, 0.717) is 4.47 Å². The molecule has 0 aliphatic rings. The minimum Gasteiger partial charge on any atom is -0.422 e. The number of para-hydroxylation sites is 1. The summed E-state index contributed by atoms with van der Waals surface area (Å²) in [6.45, 7) is 6.94. The SMILES string of the molecule is CC(C)C(=O)Oc1cccc(Br)c1OC(=O)C(C)C.O=S(=O)(Cl)Cl. The molecule has 1 aromatic carbocycles. The van der Waals surface area contributed by atoms with E-state index in [1.54, 1.807) is 45.9 Å². The van der Waals surface area contributed by atoms with Crippen LogP contribution in [0, 0.1) is 11.8 Å². The summed E-state index contributed by atoms with van der Waals surface area (Å²) in [4.78, 5) is 23.3. The third kappa shape index (κ3) is 10.1. The second-order valence-electron chi connectivity index (χ2n) is 5.10. The first-order valence-corrected chi connectivity index (χ1v) is 10.6. The topological polar surface area (TPSA) is 86.7 Å². The van der Waals surface area contributed by atoms with E-state index in [1.165, 1.54) is 0 Å². The van der Waals surface area contributed by atoms with Crippen LogP contribution in [0.1, 0.15) is 27.7 Å². The van der Waals surface area contributed by atoms with Crippen LogP contribution in [0.15, 0.2) is 22.7 Å². The van der Waals surface area contributed by atoms with Crippen LogP contribution in [0.2, 0.25) is 0 Å². The molecule has 136 valence electrons. The minimum absolute atomic E-state index is 0.232. The Morgan fingerprint density at radius 2 is 1.42 bits per heavy atom. The fourth-order valence-electron chi connectivity index (χ4n) is 1.11. The number of hydrogen-bond acceptors (Lipinski definition) is 6. The quantitative estimate of drug-likeness (QED) is 0.376. The van der Waals surface area contributed by atoms with Gasteiger partial charge in [-0.25, -0.2) is 0 Å². The zero-order chi connectivity index (χ0) is 19.1. The minimum atomic E-state index is -3.72. The number of carbonyl (C=O) groups is 2. The Morgan fingerprint density at radius 1 is 1.00 bits per heavy atom. The highest BCUT2D eigenvalue weighted by atomic mass is 79.9. The zero-order valence-electron chi connectivity index (χ0n) is 13.4. The lowest BCUT2D eigenvalue weighted by Gasteiger charge is -2.14. The van der Waals surface area contributed by atoms with E-state index in [4.69, 9.17) is 17.9 Å². The van der Waals surface area contributed by atoms with Crippen molar-refractivity contribution in [3.8, 4) is 11.5 Å². The predicted molar refractivity (Wildman–Crippen MR) is 95.7 cm³/mol. The molecule has 0 aromatic heterocycles. The molecular weight excluding hydrogens is 447 g/mol. The normalized spacial score (nSPS) is 10.9. The Morgan fingerprint density at radius 3 is 1.83 bits per heavy atom. The van der Waals surface area contributed by atoms with Gasteiger partial charge in [-0.05, 0) is 28.1 Å².